The Hall–Kier alpha value is -1.98. The molecule has 0 saturated heterocycles. The number of carbonyl (C=O) groups is 2. The second-order valence-corrected chi connectivity index (χ2v) is 4.30. The Morgan fingerprint density at radius 2 is 2.00 bits per heavy atom. The zero-order valence-electron chi connectivity index (χ0n) is 11.0. The van der Waals surface area contributed by atoms with Gasteiger partial charge in [-0.05, 0) is 12.1 Å². The fourth-order valence-electron chi connectivity index (χ4n) is 1.70. The van der Waals surface area contributed by atoms with Gasteiger partial charge in [0.1, 0.15) is 0 Å². The molecule has 1 rings (SSSR count). The topological polar surface area (TPSA) is 49.4 Å². The smallest absolute Gasteiger partial charge is 0.256 e. The van der Waals surface area contributed by atoms with E-state index in [-0.39, 0.29) is 18.0 Å². The predicted molar refractivity (Wildman–Crippen MR) is 66.5 cm³/mol. The summed E-state index contributed by atoms with van der Waals surface area (Å²) in [5.41, 5.74) is -0.341. The van der Waals surface area contributed by atoms with E-state index in [1.54, 1.807) is 6.92 Å². The molecule has 0 spiro atoms. The lowest BCUT2D eigenvalue weighted by Crippen LogP contribution is -2.37. The van der Waals surface area contributed by atoms with Gasteiger partial charge in [0, 0.05) is 20.6 Å². The van der Waals surface area contributed by atoms with Crippen molar-refractivity contribution in [3.05, 3.63) is 35.4 Å². The molecule has 1 aromatic carbocycles. The Labute approximate surface area is 110 Å². The lowest BCUT2D eigenvalue weighted by Gasteiger charge is -2.21. The molecule has 104 valence electrons. The number of rotatable bonds is 4. The molecule has 1 atom stereocenters. The highest BCUT2D eigenvalue weighted by molar-refractivity contribution is 5.94. The Kier molecular flexibility index (Phi) is 4.97. The molecule has 6 heteroatoms. The molecule has 0 saturated carbocycles. The van der Waals surface area contributed by atoms with Crippen LogP contribution in [0.25, 0.3) is 0 Å². The molecule has 0 aliphatic carbocycles. The van der Waals surface area contributed by atoms with Crippen LogP contribution >= 0.6 is 0 Å². The van der Waals surface area contributed by atoms with E-state index in [2.05, 4.69) is 5.32 Å². The summed E-state index contributed by atoms with van der Waals surface area (Å²) in [6.07, 6.45) is 0. The second-order valence-electron chi connectivity index (χ2n) is 4.30. The van der Waals surface area contributed by atoms with Gasteiger partial charge in [-0.2, -0.15) is 0 Å². The van der Waals surface area contributed by atoms with Gasteiger partial charge in [-0.1, -0.05) is 13.0 Å². The molecule has 1 N–H and O–H groups in total. The van der Waals surface area contributed by atoms with Gasteiger partial charge in [-0.15, -0.1) is 0 Å². The highest BCUT2D eigenvalue weighted by Gasteiger charge is 2.21. The van der Waals surface area contributed by atoms with Crippen LogP contribution in [0.15, 0.2) is 18.2 Å². The van der Waals surface area contributed by atoms with Gasteiger partial charge in [0.25, 0.3) is 5.91 Å². The van der Waals surface area contributed by atoms with Crippen molar-refractivity contribution in [2.45, 2.75) is 6.92 Å². The number of carbonyl (C=O) groups excluding carboxylic acids is 2. The number of nitrogens with one attached hydrogen (secondary N) is 1. The average molecular weight is 270 g/mol. The predicted octanol–water partition coefficient (Wildman–Crippen LogP) is 1.42. The van der Waals surface area contributed by atoms with Crippen molar-refractivity contribution >= 4 is 11.8 Å². The van der Waals surface area contributed by atoms with E-state index < -0.39 is 23.5 Å². The van der Waals surface area contributed by atoms with Crippen LogP contribution in [0.2, 0.25) is 0 Å². The van der Waals surface area contributed by atoms with Crippen LogP contribution in [0.1, 0.15) is 17.3 Å². The second kappa shape index (κ2) is 6.26. The molecule has 0 bridgehead atoms. The molecule has 0 fully saturated rings. The van der Waals surface area contributed by atoms with Gasteiger partial charge < -0.3 is 10.2 Å². The first kappa shape index (κ1) is 15.1. The van der Waals surface area contributed by atoms with E-state index in [0.29, 0.717) is 0 Å². The third-order valence-electron chi connectivity index (χ3n) is 2.77. The first-order chi connectivity index (χ1) is 8.88. The monoisotopic (exact) mass is 270 g/mol. The Balaban J connectivity index is 2.83. The molecule has 1 unspecified atom stereocenters. The van der Waals surface area contributed by atoms with E-state index in [9.17, 15) is 18.4 Å². The quantitative estimate of drug-likeness (QED) is 0.899. The van der Waals surface area contributed by atoms with Gasteiger partial charge >= 0.3 is 0 Å². The van der Waals surface area contributed by atoms with Crippen LogP contribution < -0.4 is 5.32 Å². The first-order valence-corrected chi connectivity index (χ1v) is 5.79. The number of hydrogen-bond donors (Lipinski definition) is 1. The third kappa shape index (κ3) is 3.49. The Morgan fingerprint density at radius 1 is 1.37 bits per heavy atom. The standard InChI is InChI=1S/C13H16F2N2O2/c1-8(12(18)16-2)7-17(3)13(19)9-5-4-6-10(14)11(9)15/h4-6,8H,7H2,1-3H3,(H,16,18). The van der Waals surface area contributed by atoms with E-state index in [1.807, 2.05) is 0 Å². The summed E-state index contributed by atoms with van der Waals surface area (Å²) in [6, 6.07) is 3.42. The number of amides is 2. The minimum atomic E-state index is -1.17. The molecule has 0 aliphatic rings. The summed E-state index contributed by atoms with van der Waals surface area (Å²) in [6.45, 7) is 1.76. The van der Waals surface area contributed by atoms with E-state index in [4.69, 9.17) is 0 Å². The van der Waals surface area contributed by atoms with Crippen LogP contribution in [-0.2, 0) is 4.79 Å². The molecule has 0 aliphatic heterocycles. The lowest BCUT2D eigenvalue weighted by atomic mass is 10.1. The number of halogens is 2. The molecule has 0 heterocycles. The molecular weight excluding hydrogens is 254 g/mol. The largest absolute Gasteiger partial charge is 0.359 e. The van der Waals surface area contributed by atoms with E-state index in [1.165, 1.54) is 31.1 Å². The summed E-state index contributed by atoms with van der Waals surface area (Å²) in [5.74, 6) is -3.56. The maximum atomic E-state index is 13.5. The zero-order chi connectivity index (χ0) is 14.6. The summed E-state index contributed by atoms with van der Waals surface area (Å²) in [4.78, 5) is 24.5. The Bertz CT molecular complexity index is 492. The molecule has 4 nitrogen and oxygen atoms in total. The fourth-order valence-corrected chi connectivity index (χ4v) is 1.70. The summed E-state index contributed by atoms with van der Waals surface area (Å²) < 4.78 is 26.5. The fraction of sp³-hybridized carbons (Fsp3) is 0.385. The van der Waals surface area contributed by atoms with Gasteiger partial charge in [0.15, 0.2) is 11.6 Å². The highest BCUT2D eigenvalue weighted by atomic mass is 19.2. The van der Waals surface area contributed by atoms with Gasteiger partial charge in [0.2, 0.25) is 5.91 Å². The van der Waals surface area contributed by atoms with Gasteiger partial charge in [-0.3, -0.25) is 9.59 Å². The van der Waals surface area contributed by atoms with Crippen LogP contribution in [0.5, 0.6) is 0 Å². The van der Waals surface area contributed by atoms with Gasteiger partial charge in [-0.25, -0.2) is 8.78 Å². The average Bonchev–Trinajstić information content (AvgIpc) is 2.39. The summed E-state index contributed by atoms with van der Waals surface area (Å²) in [7, 11) is 2.93. The molecule has 19 heavy (non-hydrogen) atoms. The van der Waals surface area contributed by atoms with Crippen molar-refractivity contribution in [2.75, 3.05) is 20.6 Å². The maximum absolute atomic E-state index is 13.5. The van der Waals surface area contributed by atoms with E-state index in [0.717, 1.165) is 6.07 Å². The first-order valence-electron chi connectivity index (χ1n) is 5.79. The van der Waals surface area contributed by atoms with Crippen molar-refractivity contribution in [3.63, 3.8) is 0 Å². The molecule has 0 radical (unpaired) electrons. The summed E-state index contributed by atoms with van der Waals surface area (Å²) >= 11 is 0. The minimum absolute atomic E-state index is 0.120. The Morgan fingerprint density at radius 3 is 2.58 bits per heavy atom. The van der Waals surface area contributed by atoms with Crippen LogP contribution in [0.3, 0.4) is 0 Å². The summed E-state index contributed by atoms with van der Waals surface area (Å²) in [5, 5.41) is 2.46. The SMILES string of the molecule is CNC(=O)C(C)CN(C)C(=O)c1cccc(F)c1F. The maximum Gasteiger partial charge on any atom is 0.256 e. The van der Waals surface area contributed by atoms with Crippen molar-refractivity contribution in [1.29, 1.82) is 0 Å². The van der Waals surface area contributed by atoms with Crippen LogP contribution in [-0.4, -0.2) is 37.4 Å². The van der Waals surface area contributed by atoms with Crippen molar-refractivity contribution < 1.29 is 18.4 Å². The van der Waals surface area contributed by atoms with Crippen LogP contribution in [0, 0.1) is 17.6 Å². The number of nitrogens with zero attached hydrogens (tertiary/aromatic N) is 1. The number of hydrogen-bond acceptors (Lipinski definition) is 2. The van der Waals surface area contributed by atoms with Crippen molar-refractivity contribution in [2.24, 2.45) is 5.92 Å². The van der Waals surface area contributed by atoms with Crippen LogP contribution in [0.4, 0.5) is 8.78 Å². The zero-order valence-corrected chi connectivity index (χ0v) is 11.0. The number of benzene rings is 1. The molecule has 1 aromatic rings. The normalized spacial score (nSPS) is 11.8. The van der Waals surface area contributed by atoms with Crippen molar-refractivity contribution in [1.82, 2.24) is 10.2 Å². The molecule has 2 amide bonds. The highest BCUT2D eigenvalue weighted by Crippen LogP contribution is 2.14. The lowest BCUT2D eigenvalue weighted by molar-refractivity contribution is -0.124. The van der Waals surface area contributed by atoms with Crippen molar-refractivity contribution in [3.8, 4) is 0 Å². The third-order valence-corrected chi connectivity index (χ3v) is 2.77. The van der Waals surface area contributed by atoms with Gasteiger partial charge in [0.05, 0.1) is 11.5 Å². The molecule has 0 aromatic heterocycles. The van der Waals surface area contributed by atoms with E-state index >= 15 is 0 Å². The minimum Gasteiger partial charge on any atom is -0.359 e. The molecular formula is C13H16F2N2O2.